The Bertz CT molecular complexity index is 870. The molecule has 0 amide bonds. The molecule has 0 radical (unpaired) electrons. The normalized spacial score (nSPS) is 15.5. The summed E-state index contributed by atoms with van der Waals surface area (Å²) in [6, 6.07) is 4.16. The summed E-state index contributed by atoms with van der Waals surface area (Å²) in [5.41, 5.74) is 5.24. The van der Waals surface area contributed by atoms with Crippen molar-refractivity contribution >= 4 is 0 Å². The van der Waals surface area contributed by atoms with Gasteiger partial charge in [0.2, 0.25) is 0 Å². The summed E-state index contributed by atoms with van der Waals surface area (Å²) >= 11 is 0. The van der Waals surface area contributed by atoms with E-state index >= 15 is 0 Å². The van der Waals surface area contributed by atoms with Crippen LogP contribution >= 0.6 is 0 Å². The fourth-order valence-electron chi connectivity index (χ4n) is 2.50. The lowest BCUT2D eigenvalue weighted by Crippen LogP contribution is -2.74. The summed E-state index contributed by atoms with van der Waals surface area (Å²) in [5.74, 6) is -56.1. The first kappa shape index (κ1) is 31.0. The second-order valence-corrected chi connectivity index (χ2v) is 7.17. The van der Waals surface area contributed by atoms with Crippen molar-refractivity contribution in [3.05, 3.63) is 35.4 Å². The summed E-state index contributed by atoms with van der Waals surface area (Å²) in [7, 11) is 0. The van der Waals surface area contributed by atoms with Crippen LogP contribution in [0.4, 0.5) is 74.6 Å². The largest absolute Gasteiger partial charge is 0.460 e. The van der Waals surface area contributed by atoms with E-state index in [-0.39, 0.29) is 12.1 Å². The number of nitrogens with two attached hydrogens (primary N) is 1. The number of alkyl halides is 17. The fraction of sp³-hybridized carbons (Fsp3) is 0.647. The van der Waals surface area contributed by atoms with Gasteiger partial charge in [-0.2, -0.15) is 74.6 Å². The Kier molecular flexibility index (Phi) is 7.82. The number of rotatable bonds is 10. The van der Waals surface area contributed by atoms with Crippen LogP contribution in [0.2, 0.25) is 0 Å². The van der Waals surface area contributed by atoms with Crippen LogP contribution in [0.3, 0.4) is 0 Å². The Morgan fingerprint density at radius 1 is 0.457 bits per heavy atom. The van der Waals surface area contributed by atoms with Crippen LogP contribution in [0.15, 0.2) is 24.3 Å². The molecule has 0 heterocycles. The van der Waals surface area contributed by atoms with E-state index < -0.39 is 60.5 Å². The van der Waals surface area contributed by atoms with Gasteiger partial charge in [-0.05, 0) is 17.5 Å². The van der Waals surface area contributed by atoms with Crippen LogP contribution in [-0.2, 0) is 13.0 Å². The summed E-state index contributed by atoms with van der Waals surface area (Å²) in [6.07, 6.45) is -11.6. The first-order valence-corrected chi connectivity index (χ1v) is 8.75. The molecule has 35 heavy (non-hydrogen) atoms. The number of hydrogen-bond donors (Lipinski definition) is 1. The average Bonchev–Trinajstić information content (AvgIpc) is 2.70. The highest BCUT2D eigenvalue weighted by atomic mass is 19.4. The molecule has 0 bridgehead atoms. The maximum Gasteiger partial charge on any atom is 0.460 e. The molecule has 0 saturated heterocycles. The van der Waals surface area contributed by atoms with E-state index in [1.54, 1.807) is 0 Å². The van der Waals surface area contributed by atoms with E-state index in [1.807, 2.05) is 0 Å². The molecule has 1 aromatic carbocycles. The Morgan fingerprint density at radius 2 is 0.771 bits per heavy atom. The van der Waals surface area contributed by atoms with Crippen LogP contribution in [0.1, 0.15) is 17.5 Å². The second kappa shape index (κ2) is 8.83. The van der Waals surface area contributed by atoms with Crippen molar-refractivity contribution < 1.29 is 74.6 Å². The van der Waals surface area contributed by atoms with E-state index in [9.17, 15) is 74.6 Å². The van der Waals surface area contributed by atoms with Crippen LogP contribution in [0, 0.1) is 0 Å². The van der Waals surface area contributed by atoms with Gasteiger partial charge in [0, 0.05) is 13.0 Å². The molecule has 0 aliphatic heterocycles. The molecule has 0 fully saturated rings. The molecule has 0 aliphatic carbocycles. The van der Waals surface area contributed by atoms with Gasteiger partial charge < -0.3 is 5.73 Å². The van der Waals surface area contributed by atoms with Gasteiger partial charge in [-0.3, -0.25) is 0 Å². The van der Waals surface area contributed by atoms with Crippen LogP contribution < -0.4 is 5.73 Å². The SMILES string of the molecule is NCc1ccc(CCC(F)(F)C(F)(F)C(F)(F)C(F)(F)C(F)(F)C(F)(F)C(F)(F)C(F)(F)F)cc1. The van der Waals surface area contributed by atoms with E-state index in [2.05, 4.69) is 0 Å². The molecule has 0 spiro atoms. The zero-order valence-electron chi connectivity index (χ0n) is 16.4. The highest BCUT2D eigenvalue weighted by Crippen LogP contribution is 2.64. The highest BCUT2D eigenvalue weighted by Gasteiger charge is 2.95. The smallest absolute Gasteiger partial charge is 0.326 e. The quantitative estimate of drug-likeness (QED) is 0.308. The molecule has 2 N–H and O–H groups in total. The van der Waals surface area contributed by atoms with E-state index in [4.69, 9.17) is 5.73 Å². The van der Waals surface area contributed by atoms with Gasteiger partial charge in [-0.25, -0.2) is 0 Å². The topological polar surface area (TPSA) is 26.0 Å². The number of aryl methyl sites for hydroxylation is 1. The van der Waals surface area contributed by atoms with E-state index in [1.165, 1.54) is 0 Å². The minimum Gasteiger partial charge on any atom is -0.326 e. The first-order chi connectivity index (χ1) is 15.3. The molecular formula is C17H12F17N. The van der Waals surface area contributed by atoms with Crippen molar-refractivity contribution in [1.29, 1.82) is 0 Å². The standard InChI is InChI=1S/C17H12F17N/c18-10(19,6-5-8-1-3-9(7-35)4-2-8)11(20,21)12(22,23)13(24,25)14(26,27)15(28,29)16(30,31)17(32,33)34/h1-4H,5-7,35H2. The lowest BCUT2D eigenvalue weighted by atomic mass is 9.87. The van der Waals surface area contributed by atoms with E-state index in [0.29, 0.717) is 5.56 Å². The Hall–Kier alpha value is -2.01. The van der Waals surface area contributed by atoms with Crippen LogP contribution in [-0.4, -0.2) is 47.6 Å². The van der Waals surface area contributed by atoms with Gasteiger partial charge in [0.05, 0.1) is 0 Å². The van der Waals surface area contributed by atoms with Crippen LogP contribution in [0.5, 0.6) is 0 Å². The third kappa shape index (κ3) is 4.61. The monoisotopic (exact) mass is 553 g/mol. The van der Waals surface area contributed by atoms with E-state index in [0.717, 1.165) is 24.3 Å². The van der Waals surface area contributed by atoms with Crippen molar-refractivity contribution in [3.63, 3.8) is 0 Å². The second-order valence-electron chi connectivity index (χ2n) is 7.17. The summed E-state index contributed by atoms with van der Waals surface area (Å²) in [5, 5.41) is 0. The predicted molar refractivity (Wildman–Crippen MR) is 83.3 cm³/mol. The molecule has 0 aliphatic rings. The fourth-order valence-corrected chi connectivity index (χ4v) is 2.50. The zero-order chi connectivity index (χ0) is 28.1. The van der Waals surface area contributed by atoms with Gasteiger partial charge >= 0.3 is 47.6 Å². The molecule has 18 heteroatoms. The van der Waals surface area contributed by atoms with Crippen molar-refractivity contribution in [2.75, 3.05) is 0 Å². The first-order valence-electron chi connectivity index (χ1n) is 8.75. The molecule has 0 atom stereocenters. The van der Waals surface area contributed by atoms with Gasteiger partial charge in [-0.15, -0.1) is 0 Å². The lowest BCUT2D eigenvalue weighted by molar-refractivity contribution is -0.461. The number of benzene rings is 1. The summed E-state index contributed by atoms with van der Waals surface area (Å²) in [6.45, 7) is -0.0952. The van der Waals surface area contributed by atoms with Gasteiger partial charge in [0.15, 0.2) is 0 Å². The molecule has 0 unspecified atom stereocenters. The molecule has 1 nitrogen and oxygen atoms in total. The highest BCUT2D eigenvalue weighted by molar-refractivity contribution is 5.23. The van der Waals surface area contributed by atoms with Crippen molar-refractivity contribution in [1.82, 2.24) is 0 Å². The predicted octanol–water partition coefficient (Wildman–Crippen LogP) is 7.09. The summed E-state index contributed by atoms with van der Waals surface area (Å²) in [4.78, 5) is 0. The number of halogens is 17. The minimum atomic E-state index is -8.61. The molecule has 0 aromatic heterocycles. The molecule has 1 rings (SSSR count). The summed E-state index contributed by atoms with van der Waals surface area (Å²) < 4.78 is 224. The van der Waals surface area contributed by atoms with Gasteiger partial charge in [0.25, 0.3) is 0 Å². The van der Waals surface area contributed by atoms with Gasteiger partial charge in [-0.1, -0.05) is 24.3 Å². The lowest BCUT2D eigenvalue weighted by Gasteiger charge is -2.42. The Balaban J connectivity index is 3.42. The maximum atomic E-state index is 13.8. The zero-order valence-corrected chi connectivity index (χ0v) is 16.4. The Labute approximate surface area is 184 Å². The average molecular weight is 553 g/mol. The van der Waals surface area contributed by atoms with Crippen molar-refractivity contribution in [2.45, 2.75) is 67.0 Å². The molecule has 204 valence electrons. The van der Waals surface area contributed by atoms with Crippen LogP contribution in [0.25, 0.3) is 0 Å². The van der Waals surface area contributed by atoms with Crippen molar-refractivity contribution in [3.8, 4) is 0 Å². The number of hydrogen-bond acceptors (Lipinski definition) is 1. The van der Waals surface area contributed by atoms with Crippen molar-refractivity contribution in [2.24, 2.45) is 5.73 Å². The molecule has 0 saturated carbocycles. The molecular weight excluding hydrogens is 541 g/mol. The third-order valence-corrected chi connectivity index (χ3v) is 4.77. The maximum absolute atomic E-state index is 13.8. The minimum absolute atomic E-state index is 0.0952. The Morgan fingerprint density at radius 3 is 1.11 bits per heavy atom. The van der Waals surface area contributed by atoms with Gasteiger partial charge in [0.1, 0.15) is 0 Å². The third-order valence-electron chi connectivity index (χ3n) is 4.77. The molecule has 1 aromatic rings.